The highest BCUT2D eigenvalue weighted by molar-refractivity contribution is 6.42. The van der Waals surface area contributed by atoms with E-state index in [-0.39, 0.29) is 6.04 Å². The van der Waals surface area contributed by atoms with Crippen LogP contribution in [0.25, 0.3) is 0 Å². The van der Waals surface area contributed by atoms with Gasteiger partial charge in [0.15, 0.2) is 0 Å². The SMILES string of the molecule is CC1CC(C)CN(C(CN)c2cccc(Cl)c2Cl)C1. The maximum absolute atomic E-state index is 6.34. The molecule has 1 aliphatic rings. The van der Waals surface area contributed by atoms with Gasteiger partial charge in [0, 0.05) is 25.7 Å². The van der Waals surface area contributed by atoms with E-state index in [9.17, 15) is 0 Å². The van der Waals surface area contributed by atoms with Crippen LogP contribution in [-0.4, -0.2) is 24.5 Å². The van der Waals surface area contributed by atoms with Gasteiger partial charge in [0.25, 0.3) is 0 Å². The Morgan fingerprint density at radius 3 is 2.47 bits per heavy atom. The van der Waals surface area contributed by atoms with Crippen LogP contribution < -0.4 is 5.73 Å². The summed E-state index contributed by atoms with van der Waals surface area (Å²) in [6.07, 6.45) is 1.29. The molecule has 2 nitrogen and oxygen atoms in total. The third-order valence-electron chi connectivity index (χ3n) is 3.90. The van der Waals surface area contributed by atoms with Crippen molar-refractivity contribution in [1.29, 1.82) is 0 Å². The lowest BCUT2D eigenvalue weighted by Gasteiger charge is -2.40. The Hall–Kier alpha value is -0.280. The second kappa shape index (κ2) is 6.45. The lowest BCUT2D eigenvalue weighted by Crippen LogP contribution is -2.43. The van der Waals surface area contributed by atoms with Crippen LogP contribution >= 0.6 is 23.2 Å². The van der Waals surface area contributed by atoms with Gasteiger partial charge in [-0.25, -0.2) is 0 Å². The molecule has 1 saturated heterocycles. The third-order valence-corrected chi connectivity index (χ3v) is 4.74. The van der Waals surface area contributed by atoms with Crippen LogP contribution in [0.3, 0.4) is 0 Å². The summed E-state index contributed by atoms with van der Waals surface area (Å²) < 4.78 is 0. The topological polar surface area (TPSA) is 29.3 Å². The quantitative estimate of drug-likeness (QED) is 0.915. The highest BCUT2D eigenvalue weighted by Crippen LogP contribution is 2.35. The highest BCUT2D eigenvalue weighted by Gasteiger charge is 2.28. The number of likely N-dealkylation sites (tertiary alicyclic amines) is 1. The zero-order valence-corrected chi connectivity index (χ0v) is 13.1. The zero-order chi connectivity index (χ0) is 14.0. The molecule has 0 saturated carbocycles. The highest BCUT2D eigenvalue weighted by atomic mass is 35.5. The number of nitrogens with two attached hydrogens (primary N) is 1. The molecule has 4 heteroatoms. The van der Waals surface area contributed by atoms with E-state index >= 15 is 0 Å². The van der Waals surface area contributed by atoms with Gasteiger partial charge in [0.2, 0.25) is 0 Å². The Morgan fingerprint density at radius 2 is 1.89 bits per heavy atom. The lowest BCUT2D eigenvalue weighted by molar-refractivity contribution is 0.0984. The number of piperidine rings is 1. The summed E-state index contributed by atoms with van der Waals surface area (Å²) in [5, 5.41) is 1.25. The van der Waals surface area contributed by atoms with Crippen LogP contribution in [0.5, 0.6) is 0 Å². The molecule has 1 heterocycles. The van der Waals surface area contributed by atoms with Gasteiger partial charge in [-0.3, -0.25) is 4.90 Å². The Balaban J connectivity index is 2.26. The van der Waals surface area contributed by atoms with E-state index in [4.69, 9.17) is 28.9 Å². The van der Waals surface area contributed by atoms with E-state index in [1.807, 2.05) is 18.2 Å². The number of halogens is 2. The van der Waals surface area contributed by atoms with E-state index in [1.54, 1.807) is 0 Å². The summed E-state index contributed by atoms with van der Waals surface area (Å²) in [5.41, 5.74) is 7.06. The van der Waals surface area contributed by atoms with Gasteiger partial charge in [-0.15, -0.1) is 0 Å². The predicted octanol–water partition coefficient (Wildman–Crippen LogP) is 3.97. The molecular formula is C15H22Cl2N2. The largest absolute Gasteiger partial charge is 0.329 e. The summed E-state index contributed by atoms with van der Waals surface area (Å²) in [4.78, 5) is 2.45. The van der Waals surface area contributed by atoms with E-state index < -0.39 is 0 Å². The molecule has 0 aliphatic carbocycles. The Morgan fingerprint density at radius 1 is 1.26 bits per heavy atom. The number of nitrogens with zero attached hydrogens (tertiary/aromatic N) is 1. The number of hydrogen-bond donors (Lipinski definition) is 1. The molecule has 2 N–H and O–H groups in total. The third kappa shape index (κ3) is 3.43. The fourth-order valence-electron chi connectivity index (χ4n) is 3.22. The van der Waals surface area contributed by atoms with Crippen molar-refractivity contribution in [1.82, 2.24) is 4.90 Å². The molecular weight excluding hydrogens is 279 g/mol. The standard InChI is InChI=1S/C15H22Cl2N2/c1-10-6-11(2)9-19(8-10)14(7-18)12-4-3-5-13(16)15(12)17/h3-5,10-11,14H,6-9,18H2,1-2H3. The van der Waals surface area contributed by atoms with Crippen molar-refractivity contribution < 1.29 is 0 Å². The Bertz CT molecular complexity index is 426. The molecule has 0 spiro atoms. The van der Waals surface area contributed by atoms with Crippen molar-refractivity contribution in [2.75, 3.05) is 19.6 Å². The van der Waals surface area contributed by atoms with E-state index in [2.05, 4.69) is 18.7 Å². The van der Waals surface area contributed by atoms with Gasteiger partial charge in [0.05, 0.1) is 10.0 Å². The fraction of sp³-hybridized carbons (Fsp3) is 0.600. The molecule has 0 bridgehead atoms. The molecule has 0 aromatic heterocycles. The van der Waals surface area contributed by atoms with Crippen molar-refractivity contribution in [3.63, 3.8) is 0 Å². The van der Waals surface area contributed by atoms with E-state index in [0.29, 0.717) is 28.4 Å². The summed E-state index contributed by atoms with van der Waals surface area (Å²) >= 11 is 12.5. The first-order valence-electron chi connectivity index (χ1n) is 6.91. The number of benzene rings is 1. The van der Waals surface area contributed by atoms with Crippen molar-refractivity contribution in [2.45, 2.75) is 26.3 Å². The molecule has 1 aromatic carbocycles. The molecule has 3 unspecified atom stereocenters. The maximum Gasteiger partial charge on any atom is 0.0640 e. The molecule has 2 rings (SSSR count). The molecule has 106 valence electrons. The van der Waals surface area contributed by atoms with Crippen LogP contribution in [0.1, 0.15) is 31.9 Å². The minimum Gasteiger partial charge on any atom is -0.329 e. The minimum atomic E-state index is 0.163. The molecule has 0 amide bonds. The van der Waals surface area contributed by atoms with Gasteiger partial charge in [-0.05, 0) is 29.9 Å². The second-order valence-electron chi connectivity index (χ2n) is 5.79. The summed E-state index contributed by atoms with van der Waals surface area (Å²) in [6, 6.07) is 5.97. The van der Waals surface area contributed by atoms with Crippen molar-refractivity contribution in [3.05, 3.63) is 33.8 Å². The Labute approximate surface area is 125 Å². The zero-order valence-electron chi connectivity index (χ0n) is 11.6. The average Bonchev–Trinajstić information content (AvgIpc) is 2.34. The predicted molar refractivity (Wildman–Crippen MR) is 82.8 cm³/mol. The van der Waals surface area contributed by atoms with E-state index in [0.717, 1.165) is 18.7 Å². The van der Waals surface area contributed by atoms with Crippen molar-refractivity contribution >= 4 is 23.2 Å². The monoisotopic (exact) mass is 300 g/mol. The summed E-state index contributed by atoms with van der Waals surface area (Å²) in [5.74, 6) is 1.41. The van der Waals surface area contributed by atoms with Gasteiger partial charge in [0.1, 0.15) is 0 Å². The van der Waals surface area contributed by atoms with Crippen LogP contribution in [0.4, 0.5) is 0 Å². The Kier molecular flexibility index (Phi) is 5.13. The van der Waals surface area contributed by atoms with Crippen LogP contribution in [0.15, 0.2) is 18.2 Å². The minimum absolute atomic E-state index is 0.163. The van der Waals surface area contributed by atoms with Crippen molar-refractivity contribution in [3.8, 4) is 0 Å². The van der Waals surface area contributed by atoms with Gasteiger partial charge < -0.3 is 5.73 Å². The van der Waals surface area contributed by atoms with Gasteiger partial charge in [-0.2, -0.15) is 0 Å². The van der Waals surface area contributed by atoms with Crippen LogP contribution in [-0.2, 0) is 0 Å². The molecule has 19 heavy (non-hydrogen) atoms. The maximum atomic E-state index is 6.34. The van der Waals surface area contributed by atoms with Crippen molar-refractivity contribution in [2.24, 2.45) is 17.6 Å². The first-order valence-corrected chi connectivity index (χ1v) is 7.66. The van der Waals surface area contributed by atoms with Gasteiger partial charge >= 0.3 is 0 Å². The fourth-order valence-corrected chi connectivity index (χ4v) is 3.65. The summed E-state index contributed by atoms with van der Waals surface area (Å²) in [7, 11) is 0. The number of hydrogen-bond acceptors (Lipinski definition) is 2. The van der Waals surface area contributed by atoms with Crippen LogP contribution in [0, 0.1) is 11.8 Å². The molecule has 3 atom stereocenters. The second-order valence-corrected chi connectivity index (χ2v) is 6.58. The van der Waals surface area contributed by atoms with Gasteiger partial charge in [-0.1, -0.05) is 49.2 Å². The average molecular weight is 301 g/mol. The molecule has 1 aliphatic heterocycles. The normalized spacial score (nSPS) is 26.4. The number of rotatable bonds is 3. The lowest BCUT2D eigenvalue weighted by atomic mass is 9.89. The first-order chi connectivity index (χ1) is 9.02. The summed E-state index contributed by atoms with van der Waals surface area (Å²) in [6.45, 7) is 7.33. The smallest absolute Gasteiger partial charge is 0.0640 e. The molecule has 1 aromatic rings. The molecule has 0 radical (unpaired) electrons. The van der Waals surface area contributed by atoms with Crippen LogP contribution in [0.2, 0.25) is 10.0 Å². The van der Waals surface area contributed by atoms with E-state index in [1.165, 1.54) is 6.42 Å². The first kappa shape index (κ1) is 15.1. The molecule has 1 fully saturated rings.